The Hall–Kier alpha value is -2.93. The maximum atomic E-state index is 13.4. The molecule has 0 aliphatic carbocycles. The van der Waals surface area contributed by atoms with Gasteiger partial charge in [0.1, 0.15) is 11.3 Å². The molecule has 1 atom stereocenters. The van der Waals surface area contributed by atoms with Crippen LogP contribution in [0.3, 0.4) is 0 Å². The van der Waals surface area contributed by atoms with Crippen LogP contribution in [0.1, 0.15) is 37.1 Å². The molecule has 30 heavy (non-hydrogen) atoms. The second kappa shape index (κ2) is 8.83. The lowest BCUT2D eigenvalue weighted by molar-refractivity contribution is 0.185. The number of piperidine rings is 1. The van der Waals surface area contributed by atoms with Crippen LogP contribution >= 0.6 is 0 Å². The van der Waals surface area contributed by atoms with Crippen LogP contribution in [0.2, 0.25) is 0 Å². The number of para-hydroxylation sites is 1. The largest absolute Gasteiger partial charge is 0.459 e. The molecule has 1 saturated heterocycles. The molecule has 2 heterocycles. The monoisotopic (exact) mass is 413 g/mol. The number of likely N-dealkylation sites (tertiary alicyclic amines) is 1. The number of urea groups is 1. The second-order valence-electron chi connectivity index (χ2n) is 7.82. The van der Waals surface area contributed by atoms with E-state index in [0.29, 0.717) is 12.3 Å². The van der Waals surface area contributed by atoms with Crippen LogP contribution in [0.5, 0.6) is 0 Å². The molecule has 1 aromatic heterocycles. The van der Waals surface area contributed by atoms with Crippen LogP contribution in [-0.2, 0) is 6.54 Å². The molecular formula is C23H25F2N3O2. The number of amides is 2. The number of halogens is 2. The zero-order valence-corrected chi connectivity index (χ0v) is 16.8. The molecule has 158 valence electrons. The Kier molecular flexibility index (Phi) is 5.99. The van der Waals surface area contributed by atoms with Gasteiger partial charge in [0.15, 0.2) is 11.6 Å². The number of benzene rings is 2. The van der Waals surface area contributed by atoms with Gasteiger partial charge in [-0.15, -0.1) is 0 Å². The first-order valence-corrected chi connectivity index (χ1v) is 10.2. The molecule has 2 N–H and O–H groups in total. The summed E-state index contributed by atoms with van der Waals surface area (Å²) in [6, 6.07) is 13.3. The van der Waals surface area contributed by atoms with E-state index >= 15 is 0 Å². The number of rotatable bonds is 5. The third kappa shape index (κ3) is 4.79. The van der Waals surface area contributed by atoms with Gasteiger partial charge in [-0.2, -0.15) is 0 Å². The maximum Gasteiger partial charge on any atom is 0.315 e. The van der Waals surface area contributed by atoms with Crippen molar-refractivity contribution in [2.24, 2.45) is 0 Å². The Morgan fingerprint density at radius 3 is 2.63 bits per heavy atom. The number of hydrogen-bond acceptors (Lipinski definition) is 3. The minimum absolute atomic E-state index is 0.0778. The fourth-order valence-corrected chi connectivity index (χ4v) is 3.84. The first-order chi connectivity index (χ1) is 14.5. The summed E-state index contributed by atoms with van der Waals surface area (Å²) in [6.45, 7) is 4.02. The van der Waals surface area contributed by atoms with Crippen molar-refractivity contribution in [1.82, 2.24) is 15.5 Å². The van der Waals surface area contributed by atoms with Gasteiger partial charge in [-0.05, 0) is 49.6 Å². The van der Waals surface area contributed by atoms with Gasteiger partial charge >= 0.3 is 6.03 Å². The van der Waals surface area contributed by atoms with Crippen LogP contribution in [-0.4, -0.2) is 30.1 Å². The predicted molar refractivity (Wildman–Crippen MR) is 111 cm³/mol. The van der Waals surface area contributed by atoms with Crippen molar-refractivity contribution in [1.29, 1.82) is 0 Å². The van der Waals surface area contributed by atoms with Crippen molar-refractivity contribution in [3.05, 3.63) is 71.5 Å². The molecule has 1 unspecified atom stereocenters. The van der Waals surface area contributed by atoms with E-state index in [1.165, 1.54) is 6.07 Å². The molecule has 0 bridgehead atoms. The normalized spacial score (nSPS) is 16.5. The van der Waals surface area contributed by atoms with E-state index < -0.39 is 11.6 Å². The highest BCUT2D eigenvalue weighted by Gasteiger charge is 2.22. The molecule has 0 spiro atoms. The SMILES string of the molecule is CC(NC(=O)NC1CCN(Cc2ccc(F)c(F)c2)CC1)c1cc2ccccc2o1. The Balaban J connectivity index is 1.24. The number of carbonyl (C=O) groups is 1. The van der Waals surface area contributed by atoms with Gasteiger partial charge in [0.05, 0.1) is 6.04 Å². The molecule has 1 fully saturated rings. The smallest absolute Gasteiger partial charge is 0.315 e. The highest BCUT2D eigenvalue weighted by atomic mass is 19.2. The van der Waals surface area contributed by atoms with Gasteiger partial charge in [-0.3, -0.25) is 4.90 Å². The van der Waals surface area contributed by atoms with Crippen molar-refractivity contribution >= 4 is 17.0 Å². The molecule has 1 aliphatic rings. The number of nitrogens with one attached hydrogen (secondary N) is 2. The van der Waals surface area contributed by atoms with E-state index in [1.54, 1.807) is 6.07 Å². The fraction of sp³-hybridized carbons (Fsp3) is 0.348. The van der Waals surface area contributed by atoms with Gasteiger partial charge in [-0.1, -0.05) is 24.3 Å². The van der Waals surface area contributed by atoms with Crippen LogP contribution in [0.25, 0.3) is 11.0 Å². The summed E-state index contributed by atoms with van der Waals surface area (Å²) >= 11 is 0. The predicted octanol–water partition coefficient (Wildman–Crippen LogP) is 4.74. The third-order valence-corrected chi connectivity index (χ3v) is 5.53. The van der Waals surface area contributed by atoms with Crippen molar-refractivity contribution < 1.29 is 18.0 Å². The van der Waals surface area contributed by atoms with Crippen molar-refractivity contribution in [3.8, 4) is 0 Å². The Bertz CT molecular complexity index is 995. The van der Waals surface area contributed by atoms with E-state index in [9.17, 15) is 13.6 Å². The lowest BCUT2D eigenvalue weighted by Gasteiger charge is -2.32. The van der Waals surface area contributed by atoms with Crippen LogP contribution < -0.4 is 10.6 Å². The minimum Gasteiger partial charge on any atom is -0.459 e. The standard InChI is InChI=1S/C23H25F2N3O2/c1-15(22-13-17-4-2-3-5-21(17)30-22)26-23(29)27-18-8-10-28(11-9-18)14-16-6-7-19(24)20(25)12-16/h2-7,12-13,15,18H,8-11,14H2,1H3,(H2,26,27,29). The van der Waals surface area contributed by atoms with Gasteiger partial charge in [0.2, 0.25) is 0 Å². The van der Waals surface area contributed by atoms with Crippen molar-refractivity contribution in [3.63, 3.8) is 0 Å². The molecule has 4 rings (SSSR count). The fourth-order valence-electron chi connectivity index (χ4n) is 3.84. The summed E-state index contributed by atoms with van der Waals surface area (Å²) in [7, 11) is 0. The molecule has 2 aromatic carbocycles. The number of nitrogens with zero attached hydrogens (tertiary/aromatic N) is 1. The van der Waals surface area contributed by atoms with Crippen LogP contribution in [0.4, 0.5) is 13.6 Å². The highest BCUT2D eigenvalue weighted by molar-refractivity contribution is 5.78. The number of fused-ring (bicyclic) bond motifs is 1. The summed E-state index contributed by atoms with van der Waals surface area (Å²) in [5, 5.41) is 6.97. The molecule has 0 saturated carbocycles. The Morgan fingerprint density at radius 1 is 1.13 bits per heavy atom. The number of hydrogen-bond donors (Lipinski definition) is 2. The molecule has 1 aliphatic heterocycles. The average Bonchev–Trinajstić information content (AvgIpc) is 3.17. The molecular weight excluding hydrogens is 388 g/mol. The lowest BCUT2D eigenvalue weighted by Crippen LogP contribution is -2.48. The lowest BCUT2D eigenvalue weighted by atomic mass is 10.0. The van der Waals surface area contributed by atoms with E-state index in [4.69, 9.17) is 4.42 Å². The number of furan rings is 1. The van der Waals surface area contributed by atoms with Gasteiger partial charge in [0.25, 0.3) is 0 Å². The van der Waals surface area contributed by atoms with Gasteiger partial charge in [0, 0.05) is 31.1 Å². The van der Waals surface area contributed by atoms with E-state index in [-0.39, 0.29) is 18.1 Å². The van der Waals surface area contributed by atoms with Gasteiger partial charge < -0.3 is 15.1 Å². The first-order valence-electron chi connectivity index (χ1n) is 10.2. The average molecular weight is 413 g/mol. The van der Waals surface area contributed by atoms with Gasteiger partial charge in [-0.25, -0.2) is 13.6 Å². The molecule has 0 radical (unpaired) electrons. The van der Waals surface area contributed by atoms with E-state index in [0.717, 1.165) is 48.5 Å². The Morgan fingerprint density at radius 2 is 1.90 bits per heavy atom. The summed E-state index contributed by atoms with van der Waals surface area (Å²) in [5.74, 6) is -0.934. The van der Waals surface area contributed by atoms with E-state index in [1.807, 2.05) is 37.3 Å². The molecule has 5 nitrogen and oxygen atoms in total. The van der Waals surface area contributed by atoms with Crippen molar-refractivity contribution in [2.75, 3.05) is 13.1 Å². The zero-order chi connectivity index (χ0) is 21.1. The summed E-state index contributed by atoms with van der Waals surface area (Å²) in [5.41, 5.74) is 1.55. The highest BCUT2D eigenvalue weighted by Crippen LogP contribution is 2.23. The third-order valence-electron chi connectivity index (χ3n) is 5.53. The maximum absolute atomic E-state index is 13.4. The van der Waals surface area contributed by atoms with E-state index in [2.05, 4.69) is 15.5 Å². The molecule has 7 heteroatoms. The molecule has 2 amide bonds. The molecule has 3 aromatic rings. The summed E-state index contributed by atoms with van der Waals surface area (Å²) in [6.07, 6.45) is 1.60. The quantitative estimate of drug-likeness (QED) is 0.636. The summed E-state index contributed by atoms with van der Waals surface area (Å²) < 4.78 is 32.2. The zero-order valence-electron chi connectivity index (χ0n) is 16.8. The summed E-state index contributed by atoms with van der Waals surface area (Å²) in [4.78, 5) is 14.6. The second-order valence-corrected chi connectivity index (χ2v) is 7.82. The van der Waals surface area contributed by atoms with Crippen molar-refractivity contribution in [2.45, 2.75) is 38.4 Å². The topological polar surface area (TPSA) is 57.5 Å². The first kappa shape index (κ1) is 20.3. The minimum atomic E-state index is -0.829. The Labute approximate surface area is 174 Å². The number of carbonyl (C=O) groups excluding carboxylic acids is 1. The van der Waals surface area contributed by atoms with Crippen LogP contribution in [0.15, 0.2) is 52.9 Å². The van der Waals surface area contributed by atoms with Crippen LogP contribution in [0, 0.1) is 11.6 Å².